The van der Waals surface area contributed by atoms with Gasteiger partial charge in [0.15, 0.2) is 5.11 Å². The van der Waals surface area contributed by atoms with E-state index in [2.05, 4.69) is 23.6 Å². The fourth-order valence-corrected chi connectivity index (χ4v) is 4.87. The van der Waals surface area contributed by atoms with E-state index in [1.54, 1.807) is 11.3 Å². The summed E-state index contributed by atoms with van der Waals surface area (Å²) in [6.07, 6.45) is 3.94. The van der Waals surface area contributed by atoms with Crippen molar-refractivity contribution >= 4 is 39.6 Å². The van der Waals surface area contributed by atoms with Crippen LogP contribution in [-0.4, -0.2) is 17.6 Å². The largest absolute Gasteiger partial charge is 0.494 e. The molecule has 1 aliphatic rings. The minimum Gasteiger partial charge on any atom is -0.494 e. The van der Waals surface area contributed by atoms with Crippen LogP contribution < -0.4 is 15.4 Å². The molecule has 0 bridgehead atoms. The van der Waals surface area contributed by atoms with Gasteiger partial charge in [0.05, 0.1) is 12.2 Å². The summed E-state index contributed by atoms with van der Waals surface area (Å²) in [4.78, 5) is 13.3. The maximum absolute atomic E-state index is 12.1. The molecular formula is C21H23N3O2S2. The summed E-state index contributed by atoms with van der Waals surface area (Å²) in [6.45, 7) is 2.69. The predicted octanol–water partition coefficient (Wildman–Crippen LogP) is 4.42. The summed E-state index contributed by atoms with van der Waals surface area (Å²) in [6, 6.07) is 11.8. The van der Waals surface area contributed by atoms with E-state index in [0.29, 0.717) is 30.9 Å². The Morgan fingerprint density at radius 2 is 2.18 bits per heavy atom. The van der Waals surface area contributed by atoms with E-state index in [0.717, 1.165) is 35.6 Å². The SMILES string of the molecule is CC1CCc2c(sc(NC(=S)NC(=O)CCCOc3ccccc3)c2C#N)C1. The van der Waals surface area contributed by atoms with Crippen LogP contribution in [0.25, 0.3) is 0 Å². The lowest BCUT2D eigenvalue weighted by molar-refractivity contribution is -0.119. The number of hydrogen-bond acceptors (Lipinski definition) is 5. The molecule has 7 heteroatoms. The highest BCUT2D eigenvalue weighted by Crippen LogP contribution is 2.39. The second-order valence-electron chi connectivity index (χ2n) is 6.94. The summed E-state index contributed by atoms with van der Waals surface area (Å²) in [5.41, 5.74) is 1.81. The molecule has 0 radical (unpaired) electrons. The Balaban J connectivity index is 1.46. The highest BCUT2D eigenvalue weighted by Gasteiger charge is 2.24. The van der Waals surface area contributed by atoms with Crippen LogP contribution in [0.15, 0.2) is 30.3 Å². The minimum atomic E-state index is -0.164. The standard InChI is InChI=1S/C21H23N3O2S2/c1-14-9-10-16-17(13-22)20(28-18(16)12-14)24-21(27)23-19(25)8-5-11-26-15-6-3-2-4-7-15/h2-4,6-7,14H,5,8-12H2,1H3,(H2,23,24,25,27). The monoisotopic (exact) mass is 413 g/mol. The number of anilines is 1. The van der Waals surface area contributed by atoms with E-state index in [-0.39, 0.29) is 11.0 Å². The van der Waals surface area contributed by atoms with Crippen LogP contribution in [0.4, 0.5) is 5.00 Å². The lowest BCUT2D eigenvalue weighted by Crippen LogP contribution is -2.34. The number of nitrogens with zero attached hydrogens (tertiary/aromatic N) is 1. The number of thiocarbonyl (C=S) groups is 1. The van der Waals surface area contributed by atoms with E-state index in [4.69, 9.17) is 17.0 Å². The number of benzene rings is 1. The quantitative estimate of drug-likeness (QED) is 0.542. The normalized spacial score (nSPS) is 15.2. The van der Waals surface area contributed by atoms with Crippen molar-refractivity contribution in [3.63, 3.8) is 0 Å². The second kappa shape index (κ2) is 9.67. The summed E-state index contributed by atoms with van der Waals surface area (Å²) >= 11 is 6.83. The summed E-state index contributed by atoms with van der Waals surface area (Å²) < 4.78 is 5.58. The smallest absolute Gasteiger partial charge is 0.226 e. The molecule has 0 aliphatic heterocycles. The average molecular weight is 414 g/mol. The number of carbonyl (C=O) groups excluding carboxylic acids is 1. The van der Waals surface area contributed by atoms with Crippen LogP contribution >= 0.6 is 23.6 Å². The lowest BCUT2D eigenvalue weighted by atomic mass is 9.89. The number of ether oxygens (including phenoxy) is 1. The van der Waals surface area contributed by atoms with Gasteiger partial charge < -0.3 is 15.4 Å². The number of fused-ring (bicyclic) bond motifs is 1. The molecule has 1 heterocycles. The van der Waals surface area contributed by atoms with E-state index in [1.165, 1.54) is 4.88 Å². The number of rotatable bonds is 6. The highest BCUT2D eigenvalue weighted by molar-refractivity contribution is 7.80. The van der Waals surface area contributed by atoms with Gasteiger partial charge in [0.25, 0.3) is 0 Å². The third-order valence-corrected chi connectivity index (χ3v) is 6.04. The zero-order valence-corrected chi connectivity index (χ0v) is 17.4. The lowest BCUT2D eigenvalue weighted by Gasteiger charge is -2.17. The summed E-state index contributed by atoms with van der Waals surface area (Å²) in [7, 11) is 0. The van der Waals surface area contributed by atoms with Crippen molar-refractivity contribution < 1.29 is 9.53 Å². The topological polar surface area (TPSA) is 74.2 Å². The molecule has 0 saturated carbocycles. The van der Waals surface area contributed by atoms with Gasteiger partial charge in [-0.1, -0.05) is 25.1 Å². The summed E-state index contributed by atoms with van der Waals surface area (Å²) in [5, 5.41) is 16.2. The maximum Gasteiger partial charge on any atom is 0.226 e. The fourth-order valence-electron chi connectivity index (χ4n) is 3.22. The Hall–Kier alpha value is -2.43. The van der Waals surface area contributed by atoms with Crippen molar-refractivity contribution in [2.24, 2.45) is 5.92 Å². The van der Waals surface area contributed by atoms with Crippen molar-refractivity contribution in [1.82, 2.24) is 5.32 Å². The molecule has 2 N–H and O–H groups in total. The molecule has 1 unspecified atom stereocenters. The molecule has 28 heavy (non-hydrogen) atoms. The number of amides is 1. The Kier molecular flexibility index (Phi) is 7.01. The van der Waals surface area contributed by atoms with Gasteiger partial charge in [0.1, 0.15) is 16.8 Å². The first-order chi connectivity index (χ1) is 13.6. The van der Waals surface area contributed by atoms with Crippen molar-refractivity contribution in [3.8, 4) is 11.8 Å². The van der Waals surface area contributed by atoms with Crippen LogP contribution in [-0.2, 0) is 17.6 Å². The van der Waals surface area contributed by atoms with Gasteiger partial charge in [0, 0.05) is 11.3 Å². The van der Waals surface area contributed by atoms with Gasteiger partial charge in [-0.25, -0.2) is 0 Å². The third kappa shape index (κ3) is 5.31. The Morgan fingerprint density at radius 3 is 2.93 bits per heavy atom. The van der Waals surface area contributed by atoms with Crippen molar-refractivity contribution in [2.75, 3.05) is 11.9 Å². The Labute approximate surface area is 174 Å². The van der Waals surface area contributed by atoms with Crippen LogP contribution in [0, 0.1) is 17.2 Å². The van der Waals surface area contributed by atoms with Gasteiger partial charge in [-0.3, -0.25) is 4.79 Å². The number of nitriles is 1. The van der Waals surface area contributed by atoms with Crippen LogP contribution in [0.2, 0.25) is 0 Å². The Bertz CT molecular complexity index is 887. The molecule has 3 rings (SSSR count). The first-order valence-electron chi connectivity index (χ1n) is 9.40. The second-order valence-corrected chi connectivity index (χ2v) is 8.45. The highest BCUT2D eigenvalue weighted by atomic mass is 32.1. The number of nitrogens with one attached hydrogen (secondary N) is 2. The van der Waals surface area contributed by atoms with Gasteiger partial charge in [-0.05, 0) is 61.5 Å². The summed E-state index contributed by atoms with van der Waals surface area (Å²) in [5.74, 6) is 1.26. The van der Waals surface area contributed by atoms with Crippen LogP contribution in [0.3, 0.4) is 0 Å². The molecule has 146 valence electrons. The fraction of sp³-hybridized carbons (Fsp3) is 0.381. The minimum absolute atomic E-state index is 0.164. The van der Waals surface area contributed by atoms with Gasteiger partial charge in [-0.15, -0.1) is 11.3 Å². The first-order valence-corrected chi connectivity index (χ1v) is 10.6. The van der Waals surface area contributed by atoms with E-state index in [9.17, 15) is 10.1 Å². The zero-order valence-electron chi connectivity index (χ0n) is 15.8. The third-order valence-electron chi connectivity index (χ3n) is 4.66. The molecule has 0 spiro atoms. The van der Waals surface area contributed by atoms with Crippen LogP contribution in [0.1, 0.15) is 42.2 Å². The van der Waals surface area contributed by atoms with E-state index in [1.807, 2.05) is 30.3 Å². The first kappa shape index (κ1) is 20.3. The maximum atomic E-state index is 12.1. The van der Waals surface area contributed by atoms with E-state index < -0.39 is 0 Å². The zero-order chi connectivity index (χ0) is 19.9. The molecule has 1 atom stereocenters. The number of carbonyl (C=O) groups is 1. The molecule has 0 fully saturated rings. The van der Waals surface area contributed by atoms with Crippen molar-refractivity contribution in [2.45, 2.75) is 39.0 Å². The molecule has 1 aromatic heterocycles. The van der Waals surface area contributed by atoms with Crippen LogP contribution in [0.5, 0.6) is 5.75 Å². The van der Waals surface area contributed by atoms with Crippen molar-refractivity contribution in [3.05, 3.63) is 46.3 Å². The van der Waals surface area contributed by atoms with Gasteiger partial charge in [0.2, 0.25) is 5.91 Å². The van der Waals surface area contributed by atoms with Gasteiger partial charge >= 0.3 is 0 Å². The molecule has 0 saturated heterocycles. The molecule has 2 aromatic rings. The number of thiophene rings is 1. The van der Waals surface area contributed by atoms with Crippen molar-refractivity contribution in [1.29, 1.82) is 5.26 Å². The number of hydrogen-bond donors (Lipinski definition) is 2. The molecule has 5 nitrogen and oxygen atoms in total. The Morgan fingerprint density at radius 1 is 1.39 bits per heavy atom. The van der Waals surface area contributed by atoms with E-state index >= 15 is 0 Å². The number of para-hydroxylation sites is 1. The predicted molar refractivity (Wildman–Crippen MR) is 116 cm³/mol. The molecule has 1 aromatic carbocycles. The van der Waals surface area contributed by atoms with Gasteiger partial charge in [-0.2, -0.15) is 5.26 Å². The molecule has 1 amide bonds. The molecular weight excluding hydrogens is 390 g/mol. The molecule has 1 aliphatic carbocycles. The average Bonchev–Trinajstić information content (AvgIpc) is 3.01.